The van der Waals surface area contributed by atoms with E-state index in [0.29, 0.717) is 38.8 Å². The Morgan fingerprint density at radius 1 is 1.18 bits per heavy atom. The van der Waals surface area contributed by atoms with Crippen LogP contribution in [0.1, 0.15) is 52.9 Å². The van der Waals surface area contributed by atoms with E-state index >= 15 is 0 Å². The fraction of sp³-hybridized carbons (Fsp3) is 0.867. The normalized spacial score (nSPS) is 14.5. The van der Waals surface area contributed by atoms with Crippen molar-refractivity contribution in [2.75, 3.05) is 20.3 Å². The molecule has 130 valence electrons. The summed E-state index contributed by atoms with van der Waals surface area (Å²) in [6.45, 7) is 6.69. The minimum atomic E-state index is -0.793. The van der Waals surface area contributed by atoms with Crippen LogP contribution in [0.25, 0.3) is 0 Å². The van der Waals surface area contributed by atoms with Crippen LogP contribution in [0.2, 0.25) is 0 Å². The van der Waals surface area contributed by atoms with Gasteiger partial charge in [-0.05, 0) is 33.6 Å². The second-order valence-corrected chi connectivity index (χ2v) is 6.72. The van der Waals surface area contributed by atoms with E-state index in [-0.39, 0.29) is 16.6 Å². The molecule has 0 aliphatic carbocycles. The summed E-state index contributed by atoms with van der Waals surface area (Å²) in [5, 5.41) is 2.57. The number of hydrogen-bond acceptors (Lipinski definition) is 5. The summed E-state index contributed by atoms with van der Waals surface area (Å²) < 4.78 is 11.0. The van der Waals surface area contributed by atoms with E-state index in [9.17, 15) is 9.59 Å². The van der Waals surface area contributed by atoms with Gasteiger partial charge in [-0.25, -0.2) is 0 Å². The highest BCUT2D eigenvalue weighted by atomic mass is 32.1. The van der Waals surface area contributed by atoms with Gasteiger partial charge in [-0.15, -0.1) is 12.6 Å². The van der Waals surface area contributed by atoms with Gasteiger partial charge in [0.15, 0.2) is 5.12 Å². The minimum absolute atomic E-state index is 0.0918. The number of carbonyl (C=O) groups excluding carboxylic acids is 2. The molecule has 1 amide bonds. The molecule has 0 aliphatic rings. The van der Waals surface area contributed by atoms with E-state index in [0.717, 1.165) is 6.42 Å². The van der Waals surface area contributed by atoms with Crippen molar-refractivity contribution in [1.29, 1.82) is 0 Å². The molecule has 0 bridgehead atoms. The molecule has 1 atom stereocenters. The SMILES string of the molecule is COC(C)(C)CCOC(C)(N)CCNC(=O)CCCC(=O)S. The molecular weight excluding hydrogens is 304 g/mol. The highest BCUT2D eigenvalue weighted by molar-refractivity contribution is 7.96. The summed E-state index contributed by atoms with van der Waals surface area (Å²) >= 11 is 3.66. The van der Waals surface area contributed by atoms with Crippen molar-refractivity contribution >= 4 is 23.7 Å². The maximum absolute atomic E-state index is 11.5. The zero-order valence-corrected chi connectivity index (χ0v) is 15.0. The van der Waals surface area contributed by atoms with Crippen molar-refractivity contribution in [3.05, 3.63) is 0 Å². The minimum Gasteiger partial charge on any atom is -0.379 e. The topological polar surface area (TPSA) is 90.7 Å². The molecule has 0 aromatic heterocycles. The molecule has 3 N–H and O–H groups in total. The third kappa shape index (κ3) is 12.0. The number of methoxy groups -OCH3 is 1. The lowest BCUT2D eigenvalue weighted by atomic mass is 10.1. The molecule has 0 radical (unpaired) electrons. The third-order valence-corrected chi connectivity index (χ3v) is 3.65. The van der Waals surface area contributed by atoms with Gasteiger partial charge >= 0.3 is 0 Å². The monoisotopic (exact) mass is 334 g/mol. The first kappa shape index (κ1) is 21.4. The number of carbonyl (C=O) groups is 2. The number of amides is 1. The molecule has 6 nitrogen and oxygen atoms in total. The fourth-order valence-corrected chi connectivity index (χ4v) is 1.80. The summed E-state index contributed by atoms with van der Waals surface area (Å²) in [4.78, 5) is 22.2. The van der Waals surface area contributed by atoms with Gasteiger partial charge in [-0.3, -0.25) is 9.59 Å². The van der Waals surface area contributed by atoms with E-state index in [4.69, 9.17) is 15.2 Å². The maximum Gasteiger partial charge on any atom is 0.220 e. The predicted molar refractivity (Wildman–Crippen MR) is 89.7 cm³/mol. The Kier molecular flexibility index (Phi) is 9.91. The smallest absolute Gasteiger partial charge is 0.220 e. The maximum atomic E-state index is 11.5. The molecule has 0 fully saturated rings. The number of ether oxygens (including phenoxy) is 2. The molecule has 0 aliphatic heterocycles. The van der Waals surface area contributed by atoms with Crippen LogP contribution >= 0.6 is 12.6 Å². The van der Waals surface area contributed by atoms with Gasteiger partial charge in [0.05, 0.1) is 12.2 Å². The van der Waals surface area contributed by atoms with Gasteiger partial charge in [-0.1, -0.05) is 0 Å². The zero-order chi connectivity index (χ0) is 17.2. The summed E-state index contributed by atoms with van der Waals surface area (Å²) in [7, 11) is 1.67. The van der Waals surface area contributed by atoms with E-state index in [1.807, 2.05) is 13.8 Å². The quantitative estimate of drug-likeness (QED) is 0.373. The fourth-order valence-electron chi connectivity index (χ4n) is 1.64. The van der Waals surface area contributed by atoms with Crippen LogP contribution in [0.3, 0.4) is 0 Å². The first-order valence-electron chi connectivity index (χ1n) is 7.54. The van der Waals surface area contributed by atoms with E-state index in [1.54, 1.807) is 14.0 Å². The standard InChI is InChI=1S/C15H30N2O4S/c1-14(2,20-4)9-11-21-15(3,16)8-10-17-12(18)6-5-7-13(19)22/h5-11,16H2,1-4H3,(H,17,18)(H,19,22). The largest absolute Gasteiger partial charge is 0.379 e. The van der Waals surface area contributed by atoms with Gasteiger partial charge in [0, 0.05) is 32.9 Å². The van der Waals surface area contributed by atoms with Crippen LogP contribution in [0, 0.1) is 0 Å². The van der Waals surface area contributed by atoms with Crippen LogP contribution in [-0.4, -0.2) is 42.6 Å². The Labute approximate surface area is 138 Å². The summed E-state index contributed by atoms with van der Waals surface area (Å²) in [5.74, 6) is -0.0918. The van der Waals surface area contributed by atoms with Crippen molar-refractivity contribution in [3.63, 3.8) is 0 Å². The Morgan fingerprint density at radius 2 is 1.82 bits per heavy atom. The average molecular weight is 334 g/mol. The Bertz CT molecular complexity index is 359. The summed E-state index contributed by atoms with van der Waals surface area (Å²) in [6.07, 6.45) is 2.38. The first-order valence-corrected chi connectivity index (χ1v) is 7.99. The predicted octanol–water partition coefficient (Wildman–Crippen LogP) is 1.63. The highest BCUT2D eigenvalue weighted by Gasteiger charge is 2.22. The van der Waals surface area contributed by atoms with E-state index < -0.39 is 5.72 Å². The summed E-state index contributed by atoms with van der Waals surface area (Å²) in [6, 6.07) is 0. The number of nitrogens with one attached hydrogen (secondary N) is 1. The Balaban J connectivity index is 3.83. The lowest BCUT2D eigenvalue weighted by Gasteiger charge is -2.28. The molecule has 0 rings (SSSR count). The zero-order valence-electron chi connectivity index (χ0n) is 14.1. The lowest BCUT2D eigenvalue weighted by Crippen LogP contribution is -2.43. The van der Waals surface area contributed by atoms with E-state index in [1.165, 1.54) is 0 Å². The second kappa shape index (κ2) is 10.2. The molecular formula is C15H30N2O4S. The van der Waals surface area contributed by atoms with Crippen LogP contribution in [0.15, 0.2) is 0 Å². The van der Waals surface area contributed by atoms with Gasteiger partial charge in [0.1, 0.15) is 5.72 Å². The van der Waals surface area contributed by atoms with Crippen molar-refractivity contribution in [2.24, 2.45) is 5.73 Å². The van der Waals surface area contributed by atoms with Crippen LogP contribution < -0.4 is 11.1 Å². The van der Waals surface area contributed by atoms with Gasteiger partial charge in [0.2, 0.25) is 5.91 Å². The number of nitrogens with two attached hydrogens (primary N) is 1. The Morgan fingerprint density at radius 3 is 2.36 bits per heavy atom. The van der Waals surface area contributed by atoms with Gasteiger partial charge in [-0.2, -0.15) is 0 Å². The molecule has 0 saturated heterocycles. The lowest BCUT2D eigenvalue weighted by molar-refractivity contribution is -0.121. The van der Waals surface area contributed by atoms with Crippen LogP contribution in [-0.2, 0) is 19.1 Å². The third-order valence-electron chi connectivity index (χ3n) is 3.43. The summed E-state index contributed by atoms with van der Waals surface area (Å²) in [5.41, 5.74) is 5.01. The van der Waals surface area contributed by atoms with Crippen LogP contribution in [0.5, 0.6) is 0 Å². The highest BCUT2D eigenvalue weighted by Crippen LogP contribution is 2.15. The Hall–Kier alpha value is -0.630. The number of thiol groups is 1. The number of hydrogen-bond donors (Lipinski definition) is 3. The molecule has 0 aromatic rings. The van der Waals surface area contributed by atoms with Crippen molar-refractivity contribution in [3.8, 4) is 0 Å². The van der Waals surface area contributed by atoms with Crippen molar-refractivity contribution in [1.82, 2.24) is 5.32 Å². The molecule has 0 aromatic carbocycles. The number of rotatable bonds is 12. The first-order chi connectivity index (χ1) is 10.1. The average Bonchev–Trinajstić information content (AvgIpc) is 2.37. The molecule has 0 saturated carbocycles. The van der Waals surface area contributed by atoms with Crippen molar-refractivity contribution < 1.29 is 19.1 Å². The molecule has 0 spiro atoms. The van der Waals surface area contributed by atoms with Gasteiger partial charge < -0.3 is 20.5 Å². The molecule has 22 heavy (non-hydrogen) atoms. The van der Waals surface area contributed by atoms with Crippen LogP contribution in [0.4, 0.5) is 0 Å². The molecule has 0 heterocycles. The second-order valence-electron chi connectivity index (χ2n) is 6.22. The molecule has 1 unspecified atom stereocenters. The van der Waals surface area contributed by atoms with E-state index in [2.05, 4.69) is 17.9 Å². The van der Waals surface area contributed by atoms with Gasteiger partial charge in [0.25, 0.3) is 0 Å². The van der Waals surface area contributed by atoms with Crippen molar-refractivity contribution in [2.45, 2.75) is 64.2 Å². The molecule has 7 heteroatoms.